The fraction of sp³-hybridized carbons (Fsp3) is 0.286. The lowest BCUT2D eigenvalue weighted by Crippen LogP contribution is -2.20. The molecule has 2 N–H and O–H groups in total. The first-order valence-electron chi connectivity index (χ1n) is 9.43. The van der Waals surface area contributed by atoms with Gasteiger partial charge in [0.05, 0.1) is 19.2 Å². The number of carbonyl (C=O) groups is 1. The van der Waals surface area contributed by atoms with Gasteiger partial charge in [0.15, 0.2) is 10.9 Å². The highest BCUT2D eigenvalue weighted by molar-refractivity contribution is 7.80. The van der Waals surface area contributed by atoms with E-state index in [2.05, 4.69) is 46.9 Å². The van der Waals surface area contributed by atoms with E-state index in [-0.39, 0.29) is 5.97 Å². The van der Waals surface area contributed by atoms with Crippen molar-refractivity contribution in [2.24, 2.45) is 0 Å². The summed E-state index contributed by atoms with van der Waals surface area (Å²) in [6.45, 7) is 2.76. The number of aryl methyl sites for hydroxylation is 2. The normalized spacial score (nSPS) is 12.5. The van der Waals surface area contributed by atoms with Gasteiger partial charge in [0, 0.05) is 17.1 Å². The number of methoxy groups -OCH3 is 1. The predicted octanol–water partition coefficient (Wildman–Crippen LogP) is 4.39. The second-order valence-corrected chi connectivity index (χ2v) is 8.53. The van der Waals surface area contributed by atoms with E-state index in [1.165, 1.54) is 23.1 Å². The van der Waals surface area contributed by atoms with E-state index in [1.807, 2.05) is 16.9 Å². The zero-order valence-corrected chi connectivity index (χ0v) is 18.0. The number of hydrogen-bond acceptors (Lipinski definition) is 5. The van der Waals surface area contributed by atoms with E-state index < -0.39 is 0 Å². The van der Waals surface area contributed by atoms with Crippen LogP contribution < -0.4 is 10.6 Å². The molecule has 1 aromatic carbocycles. The molecule has 6 nitrogen and oxygen atoms in total. The highest BCUT2D eigenvalue weighted by atomic mass is 32.1. The topological polar surface area (TPSA) is 68.2 Å². The van der Waals surface area contributed by atoms with Crippen molar-refractivity contribution in [2.75, 3.05) is 17.7 Å². The largest absolute Gasteiger partial charge is 0.465 e. The van der Waals surface area contributed by atoms with Gasteiger partial charge in [0.2, 0.25) is 0 Å². The molecule has 0 saturated heterocycles. The zero-order valence-electron chi connectivity index (χ0n) is 16.3. The molecule has 0 saturated carbocycles. The first-order valence-corrected chi connectivity index (χ1v) is 10.7. The lowest BCUT2D eigenvalue weighted by molar-refractivity contribution is 0.0601. The summed E-state index contributed by atoms with van der Waals surface area (Å²) in [6.07, 6.45) is 4.88. The molecule has 0 amide bonds. The summed E-state index contributed by atoms with van der Waals surface area (Å²) < 4.78 is 6.83. The van der Waals surface area contributed by atoms with Crippen molar-refractivity contribution in [1.29, 1.82) is 0 Å². The summed E-state index contributed by atoms with van der Waals surface area (Å²) in [6, 6.07) is 10.3. The number of benzene rings is 1. The third kappa shape index (κ3) is 4.33. The van der Waals surface area contributed by atoms with Crippen molar-refractivity contribution in [3.8, 4) is 0 Å². The molecule has 29 heavy (non-hydrogen) atoms. The lowest BCUT2D eigenvalue weighted by Gasteiger charge is -2.09. The number of carbonyl (C=O) groups excluding carboxylic acids is 1. The van der Waals surface area contributed by atoms with Gasteiger partial charge in [-0.1, -0.05) is 29.8 Å². The Kier molecular flexibility index (Phi) is 5.64. The number of anilines is 2. The summed E-state index contributed by atoms with van der Waals surface area (Å²) in [7, 11) is 1.41. The lowest BCUT2D eigenvalue weighted by atomic mass is 10.1. The monoisotopic (exact) mass is 426 g/mol. The Morgan fingerprint density at radius 1 is 1.24 bits per heavy atom. The van der Waals surface area contributed by atoms with E-state index in [0.29, 0.717) is 23.0 Å². The standard InChI is InChI=1S/C21H22N4O2S2/c1-13-6-8-14(9-7-13)12-25-11-10-17(24-25)22-21(28)23-19-18(20(26)27-2)15-4-3-5-16(15)29-19/h6-11H,3-5,12H2,1-2H3,(H2,22,23,24,28). The van der Waals surface area contributed by atoms with Gasteiger partial charge in [-0.15, -0.1) is 11.3 Å². The number of rotatable bonds is 5. The zero-order chi connectivity index (χ0) is 20.4. The third-order valence-electron chi connectivity index (χ3n) is 4.89. The summed E-state index contributed by atoms with van der Waals surface area (Å²) in [4.78, 5) is 13.5. The van der Waals surface area contributed by atoms with E-state index in [1.54, 1.807) is 11.3 Å². The van der Waals surface area contributed by atoms with Crippen LogP contribution in [0, 0.1) is 6.92 Å². The summed E-state index contributed by atoms with van der Waals surface area (Å²) in [5, 5.41) is 11.9. The molecule has 0 unspecified atom stereocenters. The average Bonchev–Trinajstić information content (AvgIpc) is 3.39. The van der Waals surface area contributed by atoms with Crippen LogP contribution in [0.15, 0.2) is 36.5 Å². The number of thiocarbonyl (C=S) groups is 1. The van der Waals surface area contributed by atoms with Gasteiger partial charge in [-0.25, -0.2) is 4.79 Å². The maximum Gasteiger partial charge on any atom is 0.341 e. The van der Waals surface area contributed by atoms with Crippen LogP contribution in [0.25, 0.3) is 0 Å². The van der Waals surface area contributed by atoms with Crippen LogP contribution in [0.3, 0.4) is 0 Å². The van der Waals surface area contributed by atoms with Crippen LogP contribution >= 0.6 is 23.6 Å². The second kappa shape index (κ2) is 8.34. The van der Waals surface area contributed by atoms with Crippen LogP contribution in [0.5, 0.6) is 0 Å². The van der Waals surface area contributed by atoms with Crippen LogP contribution in [0.2, 0.25) is 0 Å². The van der Waals surface area contributed by atoms with Gasteiger partial charge in [-0.3, -0.25) is 4.68 Å². The number of hydrogen-bond donors (Lipinski definition) is 2. The minimum Gasteiger partial charge on any atom is -0.465 e. The highest BCUT2D eigenvalue weighted by Crippen LogP contribution is 2.39. The molecule has 4 rings (SSSR count). The number of fused-ring (bicyclic) bond motifs is 1. The first-order chi connectivity index (χ1) is 14.0. The smallest absolute Gasteiger partial charge is 0.341 e. The Labute approximate surface area is 178 Å². The summed E-state index contributed by atoms with van der Waals surface area (Å²) >= 11 is 7.02. The number of thiophene rings is 1. The maximum atomic E-state index is 12.3. The van der Waals surface area contributed by atoms with E-state index >= 15 is 0 Å². The molecule has 1 aliphatic rings. The Morgan fingerprint density at radius 3 is 2.79 bits per heavy atom. The van der Waals surface area contributed by atoms with Crippen LogP contribution in [-0.4, -0.2) is 28.0 Å². The molecule has 150 valence electrons. The van der Waals surface area contributed by atoms with Crippen molar-refractivity contribution in [1.82, 2.24) is 9.78 Å². The predicted molar refractivity (Wildman–Crippen MR) is 120 cm³/mol. The Hall–Kier alpha value is -2.71. The number of ether oxygens (including phenoxy) is 1. The average molecular weight is 427 g/mol. The molecule has 1 aliphatic carbocycles. The van der Waals surface area contributed by atoms with Crippen molar-refractivity contribution >= 4 is 45.5 Å². The molecule has 2 heterocycles. The van der Waals surface area contributed by atoms with Gasteiger partial charge in [-0.2, -0.15) is 5.10 Å². The van der Waals surface area contributed by atoms with Crippen molar-refractivity contribution in [2.45, 2.75) is 32.7 Å². The number of esters is 1. The Bertz CT molecular complexity index is 1050. The fourth-order valence-corrected chi connectivity index (χ4v) is 5.01. The van der Waals surface area contributed by atoms with Crippen molar-refractivity contribution in [3.05, 3.63) is 63.7 Å². The molecule has 0 radical (unpaired) electrons. The molecule has 0 bridgehead atoms. The van der Waals surface area contributed by atoms with Crippen molar-refractivity contribution in [3.63, 3.8) is 0 Å². The maximum absolute atomic E-state index is 12.3. The molecule has 2 aromatic heterocycles. The fourth-order valence-electron chi connectivity index (χ4n) is 3.46. The summed E-state index contributed by atoms with van der Waals surface area (Å²) in [5.74, 6) is 0.329. The number of aromatic nitrogens is 2. The molecular formula is C21H22N4O2S2. The number of nitrogens with one attached hydrogen (secondary N) is 2. The second-order valence-electron chi connectivity index (χ2n) is 7.02. The quantitative estimate of drug-likeness (QED) is 0.466. The van der Waals surface area contributed by atoms with Gasteiger partial charge in [0.1, 0.15) is 5.00 Å². The molecule has 0 aliphatic heterocycles. The van der Waals surface area contributed by atoms with Gasteiger partial charge in [-0.05, 0) is 49.5 Å². The van der Waals surface area contributed by atoms with E-state index in [4.69, 9.17) is 17.0 Å². The van der Waals surface area contributed by atoms with Crippen LogP contribution in [-0.2, 0) is 24.1 Å². The van der Waals surface area contributed by atoms with Gasteiger partial charge < -0.3 is 15.4 Å². The third-order valence-corrected chi connectivity index (χ3v) is 6.30. The van der Waals surface area contributed by atoms with Crippen LogP contribution in [0.4, 0.5) is 10.8 Å². The SMILES string of the molecule is COC(=O)c1c(NC(=S)Nc2ccn(Cc3ccc(C)cc3)n2)sc2c1CCC2. The molecule has 0 atom stereocenters. The van der Waals surface area contributed by atoms with Gasteiger partial charge in [0.25, 0.3) is 0 Å². The molecule has 0 spiro atoms. The Balaban J connectivity index is 1.42. The molecular weight excluding hydrogens is 404 g/mol. The van der Waals surface area contributed by atoms with Gasteiger partial charge >= 0.3 is 5.97 Å². The summed E-state index contributed by atoms with van der Waals surface area (Å²) in [5.41, 5.74) is 4.12. The first kappa shape index (κ1) is 19.6. The van der Waals surface area contributed by atoms with Crippen molar-refractivity contribution < 1.29 is 9.53 Å². The van der Waals surface area contributed by atoms with Crippen LogP contribution in [0.1, 0.15) is 38.3 Å². The Morgan fingerprint density at radius 2 is 2.03 bits per heavy atom. The molecule has 3 aromatic rings. The molecule has 8 heteroatoms. The van der Waals surface area contributed by atoms with E-state index in [9.17, 15) is 4.79 Å². The van der Waals surface area contributed by atoms with E-state index in [0.717, 1.165) is 29.8 Å². The minimum atomic E-state index is -0.322. The molecule has 0 fully saturated rings. The number of nitrogens with zero attached hydrogens (tertiary/aromatic N) is 2. The minimum absolute atomic E-state index is 0.322. The highest BCUT2D eigenvalue weighted by Gasteiger charge is 2.27.